The number of hydrogen-bond acceptors (Lipinski definition) is 5. The largest absolute Gasteiger partial charge is 0.444 e. The van der Waals surface area contributed by atoms with Gasteiger partial charge in [0.25, 0.3) is 0 Å². The number of rotatable bonds is 5. The summed E-state index contributed by atoms with van der Waals surface area (Å²) in [5, 5.41) is 6.18. The van der Waals surface area contributed by atoms with Crippen molar-refractivity contribution < 1.29 is 17.9 Å². The van der Waals surface area contributed by atoms with E-state index in [0.717, 1.165) is 19.3 Å². The number of nitrogens with one attached hydrogen (secondary N) is 2. The van der Waals surface area contributed by atoms with Gasteiger partial charge in [-0.25, -0.2) is 13.2 Å². The first-order chi connectivity index (χ1) is 9.46. The van der Waals surface area contributed by atoms with Gasteiger partial charge in [-0.05, 0) is 47.0 Å². The van der Waals surface area contributed by atoms with E-state index in [1.165, 1.54) is 6.26 Å². The number of amides is 1. The van der Waals surface area contributed by atoms with E-state index in [2.05, 4.69) is 10.6 Å². The Labute approximate surface area is 127 Å². The Morgan fingerprint density at radius 2 is 1.86 bits per heavy atom. The minimum absolute atomic E-state index is 0.0122. The molecule has 0 aromatic heterocycles. The monoisotopic (exact) mass is 320 g/mol. The van der Waals surface area contributed by atoms with Gasteiger partial charge in [0.15, 0.2) is 0 Å². The number of carbonyl (C=O) groups excluding carboxylic acids is 1. The van der Waals surface area contributed by atoms with Crippen LogP contribution in [0.2, 0.25) is 0 Å². The summed E-state index contributed by atoms with van der Waals surface area (Å²) in [7, 11) is -3.00. The first-order valence-corrected chi connectivity index (χ1v) is 9.45. The molecular formula is C14H28N2O4S. The highest BCUT2D eigenvalue weighted by Gasteiger charge is 2.31. The number of sulfone groups is 1. The van der Waals surface area contributed by atoms with E-state index < -0.39 is 21.5 Å². The Morgan fingerprint density at radius 3 is 2.38 bits per heavy atom. The standard InChI is InChI=1S/C14H28N2O4S/c1-10(9-21(5,18)19)15-11-7-6-8-12(11)16-13(17)20-14(2,3)4/h10-12,15H,6-9H2,1-5H3,(H,16,17). The second kappa shape index (κ2) is 6.96. The highest BCUT2D eigenvalue weighted by molar-refractivity contribution is 7.90. The van der Waals surface area contributed by atoms with Crippen LogP contribution in [-0.2, 0) is 14.6 Å². The summed E-state index contributed by atoms with van der Waals surface area (Å²) in [6.45, 7) is 7.32. The van der Waals surface area contributed by atoms with Crippen molar-refractivity contribution >= 4 is 15.9 Å². The molecule has 0 radical (unpaired) electrons. The molecule has 21 heavy (non-hydrogen) atoms. The molecule has 1 saturated carbocycles. The fourth-order valence-corrected chi connectivity index (χ4v) is 3.66. The molecule has 1 fully saturated rings. The van der Waals surface area contributed by atoms with Gasteiger partial charge in [0, 0.05) is 24.4 Å². The minimum Gasteiger partial charge on any atom is -0.444 e. The van der Waals surface area contributed by atoms with Gasteiger partial charge < -0.3 is 15.4 Å². The summed E-state index contributed by atoms with van der Waals surface area (Å²) >= 11 is 0. The van der Waals surface area contributed by atoms with E-state index in [0.29, 0.717) is 0 Å². The molecule has 1 amide bonds. The Kier molecular flexibility index (Phi) is 6.04. The molecule has 124 valence electrons. The highest BCUT2D eigenvalue weighted by atomic mass is 32.2. The van der Waals surface area contributed by atoms with Crippen LogP contribution in [0.4, 0.5) is 4.79 Å². The van der Waals surface area contributed by atoms with Gasteiger partial charge in [-0.15, -0.1) is 0 Å². The molecule has 0 heterocycles. The molecule has 1 rings (SSSR count). The van der Waals surface area contributed by atoms with Crippen LogP contribution in [0.5, 0.6) is 0 Å². The third-order valence-corrected chi connectivity index (χ3v) is 4.37. The van der Waals surface area contributed by atoms with Crippen molar-refractivity contribution in [1.82, 2.24) is 10.6 Å². The van der Waals surface area contributed by atoms with Crippen LogP contribution >= 0.6 is 0 Å². The van der Waals surface area contributed by atoms with Crippen LogP contribution in [0.15, 0.2) is 0 Å². The lowest BCUT2D eigenvalue weighted by atomic mass is 10.1. The van der Waals surface area contributed by atoms with Crippen LogP contribution in [-0.4, -0.2) is 50.2 Å². The fourth-order valence-electron chi connectivity index (χ4n) is 2.66. The summed E-state index contributed by atoms with van der Waals surface area (Å²) in [5.41, 5.74) is -0.519. The molecule has 0 aliphatic heterocycles. The Balaban J connectivity index is 2.50. The fraction of sp³-hybridized carbons (Fsp3) is 0.929. The SMILES string of the molecule is CC(CS(C)(=O)=O)NC1CCCC1NC(=O)OC(C)(C)C. The molecule has 2 N–H and O–H groups in total. The zero-order chi connectivity index (χ0) is 16.3. The van der Waals surface area contributed by atoms with Gasteiger partial charge in [0.05, 0.1) is 5.75 Å². The van der Waals surface area contributed by atoms with Crippen molar-refractivity contribution in [1.29, 1.82) is 0 Å². The van der Waals surface area contributed by atoms with Gasteiger partial charge in [-0.2, -0.15) is 0 Å². The molecule has 0 saturated heterocycles. The maximum atomic E-state index is 11.8. The summed E-state index contributed by atoms with van der Waals surface area (Å²) in [4.78, 5) is 11.8. The van der Waals surface area contributed by atoms with E-state index >= 15 is 0 Å². The molecule has 3 atom stereocenters. The summed E-state index contributed by atoms with van der Waals surface area (Å²) < 4.78 is 27.9. The highest BCUT2D eigenvalue weighted by Crippen LogP contribution is 2.20. The number of ether oxygens (including phenoxy) is 1. The van der Waals surface area contributed by atoms with E-state index in [9.17, 15) is 13.2 Å². The van der Waals surface area contributed by atoms with Crippen LogP contribution < -0.4 is 10.6 Å². The molecular weight excluding hydrogens is 292 g/mol. The minimum atomic E-state index is -3.00. The summed E-state index contributed by atoms with van der Waals surface area (Å²) in [6.07, 6.45) is 3.62. The number of alkyl carbamates (subject to hydrolysis) is 1. The first-order valence-electron chi connectivity index (χ1n) is 7.39. The average Bonchev–Trinajstić information content (AvgIpc) is 2.59. The lowest BCUT2D eigenvalue weighted by Crippen LogP contribution is -2.51. The molecule has 7 heteroatoms. The molecule has 0 spiro atoms. The molecule has 0 aromatic rings. The summed E-state index contributed by atoms with van der Waals surface area (Å²) in [5.74, 6) is 0.0999. The van der Waals surface area contributed by atoms with E-state index in [4.69, 9.17) is 4.74 Å². The van der Waals surface area contributed by atoms with Crippen molar-refractivity contribution in [3.8, 4) is 0 Å². The molecule has 3 unspecified atom stereocenters. The normalized spacial score (nSPS) is 24.6. The second-order valence-corrected chi connectivity index (χ2v) is 9.14. The predicted molar refractivity (Wildman–Crippen MR) is 83.1 cm³/mol. The lowest BCUT2D eigenvalue weighted by Gasteiger charge is -2.27. The van der Waals surface area contributed by atoms with Crippen LogP contribution in [0.1, 0.15) is 47.0 Å². The Bertz CT molecular complexity index is 456. The van der Waals surface area contributed by atoms with Crippen LogP contribution in [0.25, 0.3) is 0 Å². The van der Waals surface area contributed by atoms with Gasteiger partial charge >= 0.3 is 6.09 Å². The molecule has 0 aromatic carbocycles. The van der Waals surface area contributed by atoms with Crippen LogP contribution in [0, 0.1) is 0 Å². The molecule has 6 nitrogen and oxygen atoms in total. The van der Waals surface area contributed by atoms with Gasteiger partial charge in [-0.3, -0.25) is 0 Å². The molecule has 1 aliphatic rings. The zero-order valence-electron chi connectivity index (χ0n) is 13.6. The smallest absolute Gasteiger partial charge is 0.407 e. The van der Waals surface area contributed by atoms with Gasteiger partial charge in [-0.1, -0.05) is 0 Å². The third kappa shape index (κ3) is 7.66. The van der Waals surface area contributed by atoms with E-state index in [1.54, 1.807) is 0 Å². The number of carbonyl (C=O) groups is 1. The van der Waals surface area contributed by atoms with Gasteiger partial charge in [0.1, 0.15) is 15.4 Å². The molecule has 0 bridgehead atoms. The average molecular weight is 320 g/mol. The van der Waals surface area contributed by atoms with Crippen molar-refractivity contribution in [2.24, 2.45) is 0 Å². The van der Waals surface area contributed by atoms with Gasteiger partial charge in [0.2, 0.25) is 0 Å². The van der Waals surface area contributed by atoms with E-state index in [-0.39, 0.29) is 23.9 Å². The Morgan fingerprint density at radius 1 is 1.29 bits per heavy atom. The Hall–Kier alpha value is -0.820. The topological polar surface area (TPSA) is 84.5 Å². The lowest BCUT2D eigenvalue weighted by molar-refractivity contribution is 0.0497. The number of hydrogen-bond donors (Lipinski definition) is 2. The van der Waals surface area contributed by atoms with Crippen molar-refractivity contribution in [3.63, 3.8) is 0 Å². The van der Waals surface area contributed by atoms with Crippen molar-refractivity contribution in [3.05, 3.63) is 0 Å². The third-order valence-electron chi connectivity index (χ3n) is 3.27. The first kappa shape index (κ1) is 18.2. The zero-order valence-corrected chi connectivity index (χ0v) is 14.4. The van der Waals surface area contributed by atoms with E-state index in [1.807, 2.05) is 27.7 Å². The second-order valence-electron chi connectivity index (χ2n) is 6.95. The van der Waals surface area contributed by atoms with Crippen molar-refractivity contribution in [2.45, 2.75) is 70.7 Å². The van der Waals surface area contributed by atoms with Crippen molar-refractivity contribution in [2.75, 3.05) is 12.0 Å². The quantitative estimate of drug-likeness (QED) is 0.801. The maximum absolute atomic E-state index is 11.8. The van der Waals surface area contributed by atoms with Crippen LogP contribution in [0.3, 0.4) is 0 Å². The summed E-state index contributed by atoms with van der Waals surface area (Å²) in [6, 6.07) is -0.0536. The molecule has 1 aliphatic carbocycles. The maximum Gasteiger partial charge on any atom is 0.407 e. The predicted octanol–water partition coefficient (Wildman–Crippen LogP) is 1.45.